The van der Waals surface area contributed by atoms with Crippen molar-refractivity contribution in [2.45, 2.75) is 6.54 Å². The van der Waals surface area contributed by atoms with Gasteiger partial charge in [0.05, 0.1) is 12.1 Å². The second kappa shape index (κ2) is 6.52. The van der Waals surface area contributed by atoms with E-state index in [0.29, 0.717) is 18.7 Å². The zero-order valence-electron chi connectivity index (χ0n) is 9.77. The first-order valence-electron chi connectivity index (χ1n) is 5.30. The second-order valence-electron chi connectivity index (χ2n) is 3.78. The Morgan fingerprint density at radius 3 is 2.89 bits per heavy atom. The monoisotopic (exact) mass is 248 g/mol. The molecule has 0 saturated carbocycles. The van der Waals surface area contributed by atoms with Crippen LogP contribution in [0.1, 0.15) is 11.1 Å². The van der Waals surface area contributed by atoms with Gasteiger partial charge in [-0.05, 0) is 17.7 Å². The summed E-state index contributed by atoms with van der Waals surface area (Å²) in [4.78, 5) is 12.3. The van der Waals surface area contributed by atoms with E-state index in [1.807, 2.05) is 0 Å². The van der Waals surface area contributed by atoms with Gasteiger partial charge in [-0.1, -0.05) is 12.1 Å². The molecule has 1 aromatic carbocycles. The van der Waals surface area contributed by atoms with Gasteiger partial charge in [-0.15, -0.1) is 6.58 Å². The molecule has 0 bridgehead atoms. The van der Waals surface area contributed by atoms with Crippen molar-refractivity contribution in [3.05, 3.63) is 47.8 Å². The topological polar surface area (TPSA) is 64.3 Å². The molecule has 0 fully saturated rings. The largest absolute Gasteiger partial charge is 0.480 e. The maximum atomic E-state index is 13.1. The molecular weight excluding hydrogens is 235 g/mol. The number of halogens is 1. The number of carboxylic acids is 1. The third-order valence-corrected chi connectivity index (χ3v) is 2.30. The van der Waals surface area contributed by atoms with Crippen LogP contribution in [0.15, 0.2) is 30.9 Å². The van der Waals surface area contributed by atoms with Crippen LogP contribution in [0, 0.1) is 17.1 Å². The van der Waals surface area contributed by atoms with Gasteiger partial charge in [0.1, 0.15) is 11.9 Å². The highest BCUT2D eigenvalue weighted by Crippen LogP contribution is 2.11. The fourth-order valence-corrected chi connectivity index (χ4v) is 1.57. The molecule has 0 heterocycles. The summed E-state index contributed by atoms with van der Waals surface area (Å²) in [6, 6.07) is 5.92. The van der Waals surface area contributed by atoms with Crippen LogP contribution in [0.3, 0.4) is 0 Å². The minimum atomic E-state index is -0.945. The van der Waals surface area contributed by atoms with E-state index < -0.39 is 11.8 Å². The highest BCUT2D eigenvalue weighted by molar-refractivity contribution is 5.69. The molecule has 0 unspecified atom stereocenters. The van der Waals surface area contributed by atoms with E-state index in [1.54, 1.807) is 17.0 Å². The summed E-state index contributed by atoms with van der Waals surface area (Å²) in [5, 5.41) is 17.5. The van der Waals surface area contributed by atoms with Gasteiger partial charge in [0.15, 0.2) is 0 Å². The van der Waals surface area contributed by atoms with Gasteiger partial charge in [-0.3, -0.25) is 9.69 Å². The number of rotatable bonds is 6. The van der Waals surface area contributed by atoms with E-state index in [4.69, 9.17) is 10.4 Å². The fourth-order valence-electron chi connectivity index (χ4n) is 1.57. The van der Waals surface area contributed by atoms with Crippen molar-refractivity contribution in [3.63, 3.8) is 0 Å². The fraction of sp³-hybridized carbons (Fsp3) is 0.231. The molecule has 18 heavy (non-hydrogen) atoms. The second-order valence-corrected chi connectivity index (χ2v) is 3.78. The Labute approximate surface area is 105 Å². The van der Waals surface area contributed by atoms with Gasteiger partial charge in [-0.2, -0.15) is 5.26 Å². The van der Waals surface area contributed by atoms with E-state index in [-0.39, 0.29) is 12.1 Å². The molecule has 0 saturated heterocycles. The SMILES string of the molecule is C=CCN(CC(=O)O)Cc1ccc(F)c(C#N)c1. The normalized spacial score (nSPS) is 10.1. The zero-order chi connectivity index (χ0) is 13.5. The number of carbonyl (C=O) groups is 1. The number of aliphatic carboxylic acids is 1. The maximum Gasteiger partial charge on any atom is 0.317 e. The van der Waals surface area contributed by atoms with E-state index in [9.17, 15) is 9.18 Å². The highest BCUT2D eigenvalue weighted by atomic mass is 19.1. The van der Waals surface area contributed by atoms with E-state index >= 15 is 0 Å². The van der Waals surface area contributed by atoms with E-state index in [2.05, 4.69) is 6.58 Å². The average Bonchev–Trinajstić information content (AvgIpc) is 2.31. The lowest BCUT2D eigenvalue weighted by atomic mass is 10.1. The molecule has 1 N–H and O–H groups in total. The van der Waals surface area contributed by atoms with Crippen molar-refractivity contribution in [3.8, 4) is 6.07 Å². The number of benzene rings is 1. The number of hydrogen-bond donors (Lipinski definition) is 1. The first-order chi connectivity index (χ1) is 8.56. The Morgan fingerprint density at radius 1 is 1.61 bits per heavy atom. The number of carboxylic acid groups (broad SMARTS) is 1. The molecule has 0 aliphatic heterocycles. The maximum absolute atomic E-state index is 13.1. The Hall–Kier alpha value is -2.19. The van der Waals surface area contributed by atoms with Crippen LogP contribution in [-0.2, 0) is 11.3 Å². The standard InChI is InChI=1S/C13H13FN2O2/c1-2-5-16(9-13(17)18)8-10-3-4-12(14)11(6-10)7-15/h2-4,6H,1,5,8-9H2,(H,17,18). The lowest BCUT2D eigenvalue weighted by molar-refractivity contribution is -0.138. The summed E-state index contributed by atoms with van der Waals surface area (Å²) in [6.07, 6.45) is 1.59. The smallest absolute Gasteiger partial charge is 0.317 e. The summed E-state index contributed by atoms with van der Waals surface area (Å²) in [5.74, 6) is -1.52. The van der Waals surface area contributed by atoms with Crippen LogP contribution in [0.25, 0.3) is 0 Å². The van der Waals surface area contributed by atoms with E-state index in [1.165, 1.54) is 18.2 Å². The molecule has 0 amide bonds. The molecule has 1 rings (SSSR count). The first kappa shape index (κ1) is 13.9. The Bertz CT molecular complexity index is 494. The molecule has 0 aromatic heterocycles. The molecule has 94 valence electrons. The van der Waals surface area contributed by atoms with Crippen LogP contribution >= 0.6 is 0 Å². The van der Waals surface area contributed by atoms with E-state index in [0.717, 1.165) is 0 Å². The Morgan fingerprint density at radius 2 is 2.33 bits per heavy atom. The minimum absolute atomic E-state index is 0.0404. The van der Waals surface area contributed by atoms with Gasteiger partial charge in [0.25, 0.3) is 0 Å². The Balaban J connectivity index is 2.83. The van der Waals surface area contributed by atoms with Gasteiger partial charge < -0.3 is 5.11 Å². The molecule has 0 aliphatic carbocycles. The average molecular weight is 248 g/mol. The molecule has 0 radical (unpaired) electrons. The predicted molar refractivity (Wildman–Crippen MR) is 64.2 cm³/mol. The predicted octanol–water partition coefficient (Wildman–Crippen LogP) is 1.77. The van der Waals surface area contributed by atoms with Crippen LogP contribution in [-0.4, -0.2) is 29.1 Å². The molecule has 0 aliphatic rings. The van der Waals surface area contributed by atoms with Gasteiger partial charge in [0.2, 0.25) is 0 Å². The summed E-state index contributed by atoms with van der Waals surface area (Å²) in [6.45, 7) is 4.15. The molecule has 1 aromatic rings. The first-order valence-corrected chi connectivity index (χ1v) is 5.30. The van der Waals surface area contributed by atoms with Crippen molar-refractivity contribution >= 4 is 5.97 Å². The van der Waals surface area contributed by atoms with Crippen molar-refractivity contribution in [2.24, 2.45) is 0 Å². The molecule has 0 atom stereocenters. The number of hydrogen-bond acceptors (Lipinski definition) is 3. The summed E-state index contributed by atoms with van der Waals surface area (Å²) in [7, 11) is 0. The Kier molecular flexibility index (Phi) is 5.03. The van der Waals surface area contributed by atoms with Crippen LogP contribution in [0.4, 0.5) is 4.39 Å². The van der Waals surface area contributed by atoms with Crippen molar-refractivity contribution in [1.29, 1.82) is 5.26 Å². The van der Waals surface area contributed by atoms with Crippen LogP contribution < -0.4 is 0 Å². The molecule has 0 spiro atoms. The van der Waals surface area contributed by atoms with Crippen LogP contribution in [0.5, 0.6) is 0 Å². The van der Waals surface area contributed by atoms with Crippen molar-refractivity contribution in [1.82, 2.24) is 4.90 Å². The summed E-state index contributed by atoms with van der Waals surface area (Å²) >= 11 is 0. The molecule has 4 nitrogen and oxygen atoms in total. The van der Waals surface area contributed by atoms with Crippen LogP contribution in [0.2, 0.25) is 0 Å². The zero-order valence-corrected chi connectivity index (χ0v) is 9.77. The van der Waals surface area contributed by atoms with Crippen molar-refractivity contribution in [2.75, 3.05) is 13.1 Å². The number of nitrogens with zero attached hydrogens (tertiary/aromatic N) is 2. The summed E-state index contributed by atoms with van der Waals surface area (Å²) in [5.41, 5.74) is 0.650. The quantitative estimate of drug-likeness (QED) is 0.779. The molecule has 5 heteroatoms. The van der Waals surface area contributed by atoms with Crippen molar-refractivity contribution < 1.29 is 14.3 Å². The third-order valence-electron chi connectivity index (χ3n) is 2.30. The van der Waals surface area contributed by atoms with Gasteiger partial charge in [0, 0.05) is 13.1 Å². The highest BCUT2D eigenvalue weighted by Gasteiger charge is 2.10. The minimum Gasteiger partial charge on any atom is -0.480 e. The third kappa shape index (κ3) is 4.00. The number of nitriles is 1. The summed E-state index contributed by atoms with van der Waals surface area (Å²) < 4.78 is 13.1. The van der Waals surface area contributed by atoms with Gasteiger partial charge >= 0.3 is 5.97 Å². The molecular formula is C13H13FN2O2. The lowest BCUT2D eigenvalue weighted by Gasteiger charge is -2.18. The lowest BCUT2D eigenvalue weighted by Crippen LogP contribution is -2.29. The van der Waals surface area contributed by atoms with Gasteiger partial charge in [-0.25, -0.2) is 4.39 Å².